The van der Waals surface area contributed by atoms with Crippen molar-refractivity contribution in [3.8, 4) is 0 Å². The third-order valence-electron chi connectivity index (χ3n) is 3.91. The molecular formula is C19H28O. The van der Waals surface area contributed by atoms with E-state index >= 15 is 0 Å². The third-order valence-corrected chi connectivity index (χ3v) is 3.91. The molecule has 0 spiro atoms. The first-order valence-corrected chi connectivity index (χ1v) is 7.69. The first kappa shape index (κ1) is 16.7. The van der Waals surface area contributed by atoms with Gasteiger partial charge in [-0.3, -0.25) is 4.79 Å². The van der Waals surface area contributed by atoms with Crippen LogP contribution in [0.4, 0.5) is 0 Å². The molecule has 1 heteroatoms. The van der Waals surface area contributed by atoms with E-state index in [2.05, 4.69) is 39.0 Å². The topological polar surface area (TPSA) is 17.1 Å². The van der Waals surface area contributed by atoms with Gasteiger partial charge in [0.15, 0.2) is 5.78 Å². The van der Waals surface area contributed by atoms with Crippen LogP contribution in [-0.2, 0) is 4.79 Å². The normalized spacial score (nSPS) is 27.6. The zero-order chi connectivity index (χ0) is 15.0. The maximum atomic E-state index is 12.3. The molecule has 1 rings (SSSR count). The van der Waals surface area contributed by atoms with E-state index in [1.165, 1.54) is 16.7 Å². The summed E-state index contributed by atoms with van der Waals surface area (Å²) in [6.45, 7) is 8.36. The van der Waals surface area contributed by atoms with E-state index in [4.69, 9.17) is 0 Å². The molecule has 20 heavy (non-hydrogen) atoms. The SMILES string of the molecule is C/C=C/C(=O)[C@@H]1CC(C)=CCC/C(C)=C/CC/C=C/1C. The molecule has 0 aliphatic heterocycles. The summed E-state index contributed by atoms with van der Waals surface area (Å²) in [7, 11) is 0. The van der Waals surface area contributed by atoms with Crippen LogP contribution in [0, 0.1) is 5.92 Å². The van der Waals surface area contributed by atoms with Crippen LogP contribution >= 0.6 is 0 Å². The van der Waals surface area contributed by atoms with E-state index < -0.39 is 0 Å². The molecule has 0 aromatic carbocycles. The number of allylic oxidation sites excluding steroid dienone is 8. The lowest BCUT2D eigenvalue weighted by Gasteiger charge is -2.16. The van der Waals surface area contributed by atoms with E-state index in [0.29, 0.717) is 0 Å². The van der Waals surface area contributed by atoms with E-state index in [1.807, 2.05) is 13.0 Å². The average molecular weight is 272 g/mol. The van der Waals surface area contributed by atoms with Gasteiger partial charge in [0.25, 0.3) is 0 Å². The fraction of sp³-hybridized carbons (Fsp3) is 0.526. The molecule has 0 heterocycles. The number of carbonyl (C=O) groups is 1. The van der Waals surface area contributed by atoms with Crippen LogP contribution in [0.5, 0.6) is 0 Å². The molecule has 1 aliphatic carbocycles. The van der Waals surface area contributed by atoms with Gasteiger partial charge < -0.3 is 0 Å². The van der Waals surface area contributed by atoms with Gasteiger partial charge in [-0.2, -0.15) is 0 Å². The van der Waals surface area contributed by atoms with E-state index in [0.717, 1.165) is 32.1 Å². The Kier molecular flexibility index (Phi) is 7.28. The summed E-state index contributed by atoms with van der Waals surface area (Å²) in [6.07, 6.45) is 15.6. The van der Waals surface area contributed by atoms with Crippen molar-refractivity contribution in [2.75, 3.05) is 0 Å². The fourth-order valence-electron chi connectivity index (χ4n) is 2.60. The molecule has 1 nitrogen and oxygen atoms in total. The average Bonchev–Trinajstić information content (AvgIpc) is 2.39. The Labute approximate surface area is 124 Å². The van der Waals surface area contributed by atoms with Gasteiger partial charge in [0, 0.05) is 5.92 Å². The predicted molar refractivity (Wildman–Crippen MR) is 87.7 cm³/mol. The summed E-state index contributed by atoms with van der Waals surface area (Å²) in [5, 5.41) is 0. The molecule has 0 radical (unpaired) electrons. The standard InChI is InChI=1S/C19H28O/c1-5-9-19(20)18-14-16(3)12-8-11-15(2)10-6-7-13-17(18)4/h5,9-10,12-13,18H,6-8,11,14H2,1-4H3/b9-5+,15-10+,16-12?,17-13+/t18-/m1/s1. The molecule has 0 fully saturated rings. The monoisotopic (exact) mass is 272 g/mol. The summed E-state index contributed by atoms with van der Waals surface area (Å²) >= 11 is 0. The number of rotatable bonds is 2. The van der Waals surface area contributed by atoms with Gasteiger partial charge in [0.1, 0.15) is 0 Å². The first-order chi connectivity index (χ1) is 9.54. The van der Waals surface area contributed by atoms with Crippen LogP contribution in [0.2, 0.25) is 0 Å². The van der Waals surface area contributed by atoms with Gasteiger partial charge in [-0.15, -0.1) is 0 Å². The van der Waals surface area contributed by atoms with Gasteiger partial charge in [0.2, 0.25) is 0 Å². The molecule has 0 amide bonds. The summed E-state index contributed by atoms with van der Waals surface area (Å²) in [6, 6.07) is 0. The minimum atomic E-state index is 0.0203. The lowest BCUT2D eigenvalue weighted by atomic mass is 9.87. The van der Waals surface area contributed by atoms with Crippen molar-refractivity contribution in [3.05, 3.63) is 47.1 Å². The van der Waals surface area contributed by atoms with Crippen molar-refractivity contribution in [2.24, 2.45) is 5.92 Å². The second-order valence-electron chi connectivity index (χ2n) is 5.82. The van der Waals surface area contributed by atoms with Gasteiger partial charge >= 0.3 is 0 Å². The largest absolute Gasteiger partial charge is 0.294 e. The molecule has 1 aliphatic rings. The van der Waals surface area contributed by atoms with Crippen LogP contribution in [0.3, 0.4) is 0 Å². The molecule has 0 saturated heterocycles. The minimum absolute atomic E-state index is 0.0203. The molecule has 110 valence electrons. The highest BCUT2D eigenvalue weighted by Gasteiger charge is 2.18. The molecule has 0 unspecified atom stereocenters. The number of carbonyl (C=O) groups excluding carboxylic acids is 1. The lowest BCUT2D eigenvalue weighted by molar-refractivity contribution is -0.117. The highest BCUT2D eigenvalue weighted by Crippen LogP contribution is 2.24. The molecule has 0 saturated carbocycles. The predicted octanol–water partition coefficient (Wildman–Crippen LogP) is 5.55. The second-order valence-corrected chi connectivity index (χ2v) is 5.82. The Hall–Kier alpha value is -1.37. The maximum Gasteiger partial charge on any atom is 0.162 e. The Balaban J connectivity index is 2.97. The van der Waals surface area contributed by atoms with Crippen molar-refractivity contribution >= 4 is 5.78 Å². The van der Waals surface area contributed by atoms with Gasteiger partial charge in [-0.1, -0.05) is 41.0 Å². The zero-order valence-electron chi connectivity index (χ0n) is 13.4. The Morgan fingerprint density at radius 3 is 2.40 bits per heavy atom. The summed E-state index contributed by atoms with van der Waals surface area (Å²) in [4.78, 5) is 12.3. The Morgan fingerprint density at radius 2 is 1.70 bits per heavy atom. The van der Waals surface area contributed by atoms with Gasteiger partial charge in [-0.25, -0.2) is 0 Å². The summed E-state index contributed by atoms with van der Waals surface area (Å²) in [5.41, 5.74) is 4.02. The smallest absolute Gasteiger partial charge is 0.162 e. The van der Waals surface area contributed by atoms with Crippen molar-refractivity contribution < 1.29 is 4.79 Å². The van der Waals surface area contributed by atoms with Crippen molar-refractivity contribution in [1.82, 2.24) is 0 Å². The highest BCUT2D eigenvalue weighted by molar-refractivity contribution is 5.93. The van der Waals surface area contributed by atoms with Gasteiger partial charge in [-0.05, 0) is 65.9 Å². The van der Waals surface area contributed by atoms with E-state index in [1.54, 1.807) is 6.08 Å². The molecule has 1 atom stereocenters. The summed E-state index contributed by atoms with van der Waals surface area (Å²) < 4.78 is 0. The molecular weight excluding hydrogens is 244 g/mol. The second kappa shape index (κ2) is 8.73. The van der Waals surface area contributed by atoms with E-state index in [-0.39, 0.29) is 11.7 Å². The van der Waals surface area contributed by atoms with Crippen LogP contribution in [0.25, 0.3) is 0 Å². The first-order valence-electron chi connectivity index (χ1n) is 7.69. The summed E-state index contributed by atoms with van der Waals surface area (Å²) in [5.74, 6) is 0.254. The number of ketones is 1. The van der Waals surface area contributed by atoms with Crippen LogP contribution in [-0.4, -0.2) is 5.78 Å². The van der Waals surface area contributed by atoms with Crippen molar-refractivity contribution in [1.29, 1.82) is 0 Å². The molecule has 0 N–H and O–H groups in total. The van der Waals surface area contributed by atoms with E-state index in [9.17, 15) is 4.79 Å². The maximum absolute atomic E-state index is 12.3. The van der Waals surface area contributed by atoms with Crippen molar-refractivity contribution in [3.63, 3.8) is 0 Å². The van der Waals surface area contributed by atoms with Gasteiger partial charge in [0.05, 0.1) is 0 Å². The number of hydrogen-bond donors (Lipinski definition) is 0. The lowest BCUT2D eigenvalue weighted by Crippen LogP contribution is -2.14. The molecule has 0 aromatic heterocycles. The fourth-order valence-corrected chi connectivity index (χ4v) is 2.60. The highest BCUT2D eigenvalue weighted by atomic mass is 16.1. The molecule has 0 aromatic rings. The zero-order valence-corrected chi connectivity index (χ0v) is 13.4. The Morgan fingerprint density at radius 1 is 1.05 bits per heavy atom. The minimum Gasteiger partial charge on any atom is -0.294 e. The quantitative estimate of drug-likeness (QED) is 0.475. The van der Waals surface area contributed by atoms with Crippen LogP contribution < -0.4 is 0 Å². The number of hydrogen-bond acceptors (Lipinski definition) is 1. The van der Waals surface area contributed by atoms with Crippen LogP contribution in [0.15, 0.2) is 47.1 Å². The van der Waals surface area contributed by atoms with Crippen LogP contribution in [0.1, 0.15) is 59.8 Å². The molecule has 0 bridgehead atoms. The van der Waals surface area contributed by atoms with Crippen molar-refractivity contribution in [2.45, 2.75) is 59.8 Å². The Bertz CT molecular complexity index is 446. The third kappa shape index (κ3) is 5.73.